The second kappa shape index (κ2) is 6.32. The Bertz CT molecular complexity index is 1190. The van der Waals surface area contributed by atoms with Crippen LogP contribution in [0.5, 0.6) is 0 Å². The molecule has 0 saturated heterocycles. The van der Waals surface area contributed by atoms with E-state index in [9.17, 15) is 4.79 Å². The average Bonchev–Trinajstić information content (AvgIpc) is 3.33. The van der Waals surface area contributed by atoms with Gasteiger partial charge < -0.3 is 4.74 Å². The van der Waals surface area contributed by atoms with Crippen molar-refractivity contribution < 1.29 is 9.53 Å². The van der Waals surface area contributed by atoms with Gasteiger partial charge in [0.15, 0.2) is 0 Å². The largest absolute Gasteiger partial charge is 0.463 e. The highest BCUT2D eigenvalue weighted by molar-refractivity contribution is 7.21. The van der Waals surface area contributed by atoms with Crippen LogP contribution in [0.3, 0.4) is 0 Å². The van der Waals surface area contributed by atoms with E-state index < -0.39 is 0 Å². The summed E-state index contributed by atoms with van der Waals surface area (Å²) in [6.07, 6.45) is 0. The molecule has 0 radical (unpaired) electrons. The van der Waals surface area contributed by atoms with E-state index in [-0.39, 0.29) is 11.9 Å². The van der Waals surface area contributed by atoms with Gasteiger partial charge in [0.25, 0.3) is 0 Å². The first kappa shape index (κ1) is 16.7. The van der Waals surface area contributed by atoms with Crippen molar-refractivity contribution in [1.82, 2.24) is 0 Å². The molecule has 0 N–H and O–H groups in total. The number of rotatable bonds is 3. The van der Waals surface area contributed by atoms with Gasteiger partial charge >= 0.3 is 5.97 Å². The Labute approximate surface area is 165 Å². The van der Waals surface area contributed by atoms with Crippen LogP contribution < -0.4 is 0 Å². The normalized spacial score (nSPS) is 16.3. The number of fused-ring (bicyclic) bond motifs is 4. The van der Waals surface area contributed by atoms with Crippen molar-refractivity contribution >= 4 is 54.4 Å². The highest BCUT2D eigenvalue weighted by Gasteiger charge is 2.37. The van der Waals surface area contributed by atoms with Crippen molar-refractivity contribution in [1.29, 1.82) is 0 Å². The average molecular weight is 391 g/mol. The molecule has 0 amide bonds. The minimum absolute atomic E-state index is 0.0525. The van der Waals surface area contributed by atoms with E-state index in [1.165, 1.54) is 30.6 Å². The van der Waals surface area contributed by atoms with Gasteiger partial charge in [0.2, 0.25) is 0 Å². The fourth-order valence-electron chi connectivity index (χ4n) is 3.96. The maximum absolute atomic E-state index is 12.9. The van der Waals surface area contributed by atoms with Crippen LogP contribution >= 0.6 is 22.7 Å². The van der Waals surface area contributed by atoms with Crippen molar-refractivity contribution in [2.75, 3.05) is 6.61 Å². The molecule has 4 aromatic rings. The van der Waals surface area contributed by atoms with Crippen LogP contribution in [0.15, 0.2) is 60.2 Å². The molecule has 0 aliphatic heterocycles. The summed E-state index contributed by atoms with van der Waals surface area (Å²) < 4.78 is 7.96. The summed E-state index contributed by atoms with van der Waals surface area (Å²) in [7, 11) is 0. The first-order valence-electron chi connectivity index (χ1n) is 9.11. The molecule has 2 nitrogen and oxygen atoms in total. The highest BCUT2D eigenvalue weighted by atomic mass is 32.1. The second-order valence-corrected chi connectivity index (χ2v) is 8.88. The Morgan fingerprint density at radius 3 is 2.56 bits per heavy atom. The Balaban J connectivity index is 1.83. The molecule has 2 aromatic carbocycles. The molecule has 0 spiro atoms. The lowest BCUT2D eigenvalue weighted by Gasteiger charge is -2.11. The first-order valence-corrected chi connectivity index (χ1v) is 10.7. The first-order chi connectivity index (χ1) is 13.2. The highest BCUT2D eigenvalue weighted by Crippen LogP contribution is 2.53. The molecule has 0 bridgehead atoms. The van der Waals surface area contributed by atoms with Gasteiger partial charge in [-0.3, -0.25) is 0 Å². The van der Waals surface area contributed by atoms with Crippen molar-refractivity contribution in [3.05, 3.63) is 75.5 Å². The lowest BCUT2D eigenvalue weighted by atomic mass is 10.0. The number of thiophene rings is 2. The van der Waals surface area contributed by atoms with Gasteiger partial charge in [0.1, 0.15) is 0 Å². The monoisotopic (exact) mass is 390 g/mol. The molecule has 134 valence electrons. The van der Waals surface area contributed by atoms with E-state index in [1.807, 2.05) is 6.92 Å². The van der Waals surface area contributed by atoms with Gasteiger partial charge in [-0.25, -0.2) is 4.79 Å². The molecule has 2 heterocycles. The molecule has 1 aliphatic carbocycles. The number of carbonyl (C=O) groups is 1. The standard InChI is InChI=1S/C23H18O2S2/c1-3-25-23(24)19-13(2)22-20(15-9-5-7-11-17(15)27-22)21(19)18-12-14-8-4-6-10-16(14)26-18/h4-13H,3H2,1-2H3. The Morgan fingerprint density at radius 1 is 1.04 bits per heavy atom. The van der Waals surface area contributed by atoms with Crippen LogP contribution in [-0.4, -0.2) is 12.6 Å². The minimum atomic E-state index is -0.190. The van der Waals surface area contributed by atoms with Gasteiger partial charge in [0, 0.05) is 41.6 Å². The molecule has 27 heavy (non-hydrogen) atoms. The molecule has 1 unspecified atom stereocenters. The third-order valence-corrected chi connectivity index (χ3v) is 7.62. The van der Waals surface area contributed by atoms with E-state index in [0.717, 1.165) is 16.0 Å². The van der Waals surface area contributed by atoms with Crippen LogP contribution in [0.4, 0.5) is 0 Å². The van der Waals surface area contributed by atoms with Crippen molar-refractivity contribution in [3.8, 4) is 0 Å². The number of ether oxygens (including phenoxy) is 1. The molecule has 1 atom stereocenters. The van der Waals surface area contributed by atoms with E-state index >= 15 is 0 Å². The molecular weight excluding hydrogens is 372 g/mol. The smallest absolute Gasteiger partial charge is 0.335 e. The summed E-state index contributed by atoms with van der Waals surface area (Å²) in [6, 6.07) is 19.1. The summed E-state index contributed by atoms with van der Waals surface area (Å²) in [5.74, 6) is -0.137. The number of carbonyl (C=O) groups excluding carboxylic acids is 1. The molecule has 0 saturated carbocycles. The van der Waals surface area contributed by atoms with Crippen LogP contribution in [0.2, 0.25) is 0 Å². The summed E-state index contributed by atoms with van der Waals surface area (Å²) in [5.41, 5.74) is 3.09. The maximum atomic E-state index is 12.9. The summed E-state index contributed by atoms with van der Waals surface area (Å²) in [4.78, 5) is 15.3. The molecule has 0 fully saturated rings. The zero-order valence-corrected chi connectivity index (χ0v) is 16.7. The van der Waals surface area contributed by atoms with Gasteiger partial charge in [-0.2, -0.15) is 0 Å². The Morgan fingerprint density at radius 2 is 1.78 bits per heavy atom. The number of esters is 1. The van der Waals surface area contributed by atoms with E-state index in [2.05, 4.69) is 61.5 Å². The predicted molar refractivity (Wildman–Crippen MR) is 115 cm³/mol. The van der Waals surface area contributed by atoms with Gasteiger partial charge in [-0.05, 0) is 30.5 Å². The molecule has 1 aliphatic rings. The lowest BCUT2D eigenvalue weighted by molar-refractivity contribution is -0.138. The second-order valence-electron chi connectivity index (χ2n) is 6.72. The number of hydrogen-bond acceptors (Lipinski definition) is 4. The van der Waals surface area contributed by atoms with Crippen molar-refractivity contribution in [2.24, 2.45) is 0 Å². The van der Waals surface area contributed by atoms with Crippen molar-refractivity contribution in [3.63, 3.8) is 0 Å². The quantitative estimate of drug-likeness (QED) is 0.368. The topological polar surface area (TPSA) is 26.3 Å². The summed E-state index contributed by atoms with van der Waals surface area (Å²) in [6.45, 7) is 4.38. The maximum Gasteiger partial charge on any atom is 0.335 e. The van der Waals surface area contributed by atoms with E-state index in [1.54, 1.807) is 22.7 Å². The van der Waals surface area contributed by atoms with Gasteiger partial charge in [-0.15, -0.1) is 22.7 Å². The van der Waals surface area contributed by atoms with Gasteiger partial charge in [-0.1, -0.05) is 43.3 Å². The Hall–Kier alpha value is -2.43. The van der Waals surface area contributed by atoms with Crippen LogP contribution in [0.25, 0.3) is 25.7 Å². The number of benzene rings is 2. The fourth-order valence-corrected chi connectivity index (χ4v) is 6.36. The van der Waals surface area contributed by atoms with Crippen LogP contribution in [0, 0.1) is 0 Å². The van der Waals surface area contributed by atoms with Crippen LogP contribution in [-0.2, 0) is 9.53 Å². The molecule has 4 heteroatoms. The number of hydrogen-bond donors (Lipinski definition) is 0. The van der Waals surface area contributed by atoms with Gasteiger partial charge in [0.05, 0.1) is 12.2 Å². The summed E-state index contributed by atoms with van der Waals surface area (Å²) in [5, 5.41) is 2.45. The Kier molecular flexibility index (Phi) is 3.92. The summed E-state index contributed by atoms with van der Waals surface area (Å²) >= 11 is 3.54. The molecular formula is C23H18O2S2. The fraction of sp³-hybridized carbons (Fsp3) is 0.174. The molecule has 5 rings (SSSR count). The third-order valence-electron chi connectivity index (χ3n) is 5.14. The third kappa shape index (κ3) is 2.47. The van der Waals surface area contributed by atoms with E-state index in [0.29, 0.717) is 6.61 Å². The predicted octanol–water partition coefficient (Wildman–Crippen LogP) is 6.60. The van der Waals surface area contributed by atoms with Crippen molar-refractivity contribution in [2.45, 2.75) is 19.8 Å². The lowest BCUT2D eigenvalue weighted by Crippen LogP contribution is -2.11. The zero-order chi connectivity index (χ0) is 18.5. The van der Waals surface area contributed by atoms with E-state index in [4.69, 9.17) is 4.74 Å². The minimum Gasteiger partial charge on any atom is -0.463 e. The molecule has 2 aromatic heterocycles. The van der Waals surface area contributed by atoms with Crippen LogP contribution in [0.1, 0.15) is 35.1 Å². The SMILES string of the molecule is CCOC(=O)C1=C(c2cc3ccccc3s2)c2c(sc3ccccc23)C1C. The zero-order valence-electron chi connectivity index (χ0n) is 15.1.